The lowest BCUT2D eigenvalue weighted by Crippen LogP contribution is -2.16. The number of hydrogen-bond donors (Lipinski definition) is 4. The molecule has 0 spiro atoms. The van der Waals surface area contributed by atoms with Gasteiger partial charge in [0.2, 0.25) is 0 Å². The second-order valence-electron chi connectivity index (χ2n) is 7.57. The zero-order valence-electron chi connectivity index (χ0n) is 16.8. The van der Waals surface area contributed by atoms with E-state index in [-0.39, 0.29) is 21.6 Å². The van der Waals surface area contributed by atoms with Crippen molar-refractivity contribution in [2.75, 3.05) is 0 Å². The number of aliphatic carboxylic acids is 1. The zero-order chi connectivity index (χ0) is 21.3. The van der Waals surface area contributed by atoms with Gasteiger partial charge in [-0.1, -0.05) is 32.9 Å². The van der Waals surface area contributed by atoms with Crippen molar-refractivity contribution in [1.82, 2.24) is 0 Å². The number of aliphatic hydroxyl groups is 1. The fraction of sp³-hybridized carbons (Fsp3) is 0.381. The van der Waals surface area contributed by atoms with Crippen molar-refractivity contribution in [3.05, 3.63) is 58.7 Å². The summed E-state index contributed by atoms with van der Waals surface area (Å²) in [7, 11) is -3.56. The number of aliphatic hydroxyl groups excluding tert-OH is 1. The molecule has 28 heavy (non-hydrogen) atoms. The van der Waals surface area contributed by atoms with Crippen LogP contribution in [0.5, 0.6) is 5.75 Å². The van der Waals surface area contributed by atoms with Crippen LogP contribution < -0.4 is 4.18 Å². The van der Waals surface area contributed by atoms with Gasteiger partial charge in [-0.2, -0.15) is 0 Å². The molecule has 0 aromatic heterocycles. The van der Waals surface area contributed by atoms with Crippen LogP contribution in [0.4, 0.5) is 0 Å². The maximum atomic E-state index is 11.0. The first-order chi connectivity index (χ1) is 12.9. The molecule has 0 heterocycles. The van der Waals surface area contributed by atoms with E-state index >= 15 is 0 Å². The second-order valence-corrected chi connectivity index (χ2v) is 9.20. The quantitative estimate of drug-likeness (QED) is 0.501. The van der Waals surface area contributed by atoms with Gasteiger partial charge in [0.1, 0.15) is 5.75 Å². The van der Waals surface area contributed by atoms with Crippen LogP contribution in [0.15, 0.2) is 41.3 Å². The van der Waals surface area contributed by atoms with Gasteiger partial charge in [-0.15, -0.1) is 0 Å². The molecule has 0 aliphatic rings. The molecule has 0 saturated carbocycles. The minimum Gasteiger partial charge on any atom is -0.479 e. The topological polar surface area (TPSA) is 107 Å². The first kappa shape index (κ1) is 22.2. The molecule has 2 aromatic rings. The number of carboxylic acid groups (broad SMARTS) is 1. The Labute approximate surface area is 167 Å². The predicted octanol–water partition coefficient (Wildman–Crippen LogP) is 5.21. The third-order valence-electron chi connectivity index (χ3n) is 5.06. The van der Waals surface area contributed by atoms with Crippen molar-refractivity contribution in [2.45, 2.75) is 57.5 Å². The van der Waals surface area contributed by atoms with Crippen LogP contribution in [0, 0.1) is 13.8 Å². The number of hydrogen-bond acceptors (Lipinski definition) is 5. The van der Waals surface area contributed by atoms with Gasteiger partial charge >= 0.3 is 5.97 Å². The zero-order valence-corrected chi connectivity index (χ0v) is 17.6. The maximum absolute atomic E-state index is 11.0. The molecule has 4 N–H and O–H groups in total. The molecule has 2 aromatic carbocycles. The third-order valence-corrected chi connectivity index (χ3v) is 6.34. The van der Waals surface area contributed by atoms with E-state index in [4.69, 9.17) is 9.29 Å². The number of carbonyl (C=O) groups is 1. The molecule has 0 amide bonds. The van der Waals surface area contributed by atoms with Crippen LogP contribution in [0.3, 0.4) is 0 Å². The van der Waals surface area contributed by atoms with Crippen LogP contribution in [0.1, 0.15) is 55.5 Å². The Balaban J connectivity index is 2.32. The van der Waals surface area contributed by atoms with Crippen molar-refractivity contribution >= 4 is 16.8 Å². The largest absolute Gasteiger partial charge is 0.479 e. The SMILES string of the molecule is CCC(C)(C)c1ccc(S(O)(O)Oc2c(C)cc(C(O)C(=O)O)cc2C)cc1. The Morgan fingerprint density at radius 3 is 2.04 bits per heavy atom. The Morgan fingerprint density at radius 2 is 1.61 bits per heavy atom. The van der Waals surface area contributed by atoms with E-state index in [1.54, 1.807) is 26.0 Å². The fourth-order valence-corrected chi connectivity index (χ4v) is 3.95. The molecule has 0 aliphatic carbocycles. The van der Waals surface area contributed by atoms with Gasteiger partial charge in [-0.05, 0) is 72.2 Å². The summed E-state index contributed by atoms with van der Waals surface area (Å²) in [6.45, 7) is 9.65. The average Bonchev–Trinajstić information content (AvgIpc) is 2.63. The lowest BCUT2D eigenvalue weighted by Gasteiger charge is -2.30. The Hall–Kier alpha value is -2.06. The van der Waals surface area contributed by atoms with E-state index in [0.717, 1.165) is 12.0 Å². The minimum absolute atomic E-state index is 0.0176. The summed E-state index contributed by atoms with van der Waals surface area (Å²) >= 11 is 0. The molecule has 0 aliphatic heterocycles. The van der Waals surface area contributed by atoms with Gasteiger partial charge in [0.05, 0.1) is 4.90 Å². The van der Waals surface area contributed by atoms with Crippen LogP contribution >= 0.6 is 10.9 Å². The highest BCUT2D eigenvalue weighted by Crippen LogP contribution is 2.51. The summed E-state index contributed by atoms with van der Waals surface area (Å²) < 4.78 is 26.7. The summed E-state index contributed by atoms with van der Waals surface area (Å²) in [6.07, 6.45) is -0.701. The van der Waals surface area contributed by atoms with Crippen molar-refractivity contribution in [2.24, 2.45) is 0 Å². The molecule has 0 fully saturated rings. The predicted molar refractivity (Wildman–Crippen MR) is 110 cm³/mol. The average molecular weight is 409 g/mol. The summed E-state index contributed by atoms with van der Waals surface area (Å²) in [5, 5.41) is 18.7. The van der Waals surface area contributed by atoms with Gasteiger partial charge in [-0.3, -0.25) is 9.11 Å². The van der Waals surface area contributed by atoms with Crippen LogP contribution in [-0.4, -0.2) is 25.3 Å². The lowest BCUT2D eigenvalue weighted by molar-refractivity contribution is -0.146. The van der Waals surface area contributed by atoms with E-state index in [9.17, 15) is 19.0 Å². The van der Waals surface area contributed by atoms with E-state index in [2.05, 4.69) is 20.8 Å². The number of aryl methyl sites for hydroxylation is 2. The molecule has 154 valence electrons. The highest BCUT2D eigenvalue weighted by Gasteiger charge is 2.27. The first-order valence-corrected chi connectivity index (χ1v) is 10.5. The molecule has 6 nitrogen and oxygen atoms in total. The molecule has 1 unspecified atom stereocenters. The van der Waals surface area contributed by atoms with Crippen molar-refractivity contribution in [3.63, 3.8) is 0 Å². The summed E-state index contributed by atoms with van der Waals surface area (Å²) in [4.78, 5) is 11.2. The van der Waals surface area contributed by atoms with Gasteiger partial charge < -0.3 is 14.4 Å². The lowest BCUT2D eigenvalue weighted by atomic mass is 9.82. The van der Waals surface area contributed by atoms with Gasteiger partial charge in [0.15, 0.2) is 17.0 Å². The Bertz CT molecular complexity index is 835. The molecule has 2 rings (SSSR count). The standard InChI is InChI=1S/C21H28O6S/c1-6-21(4,5)16-7-9-17(10-8-16)28(25,26)27-19-13(2)11-15(12-14(19)3)18(22)20(23)24/h7-12,18,22,25-26H,6H2,1-5H3,(H,23,24). The van der Waals surface area contributed by atoms with E-state index in [0.29, 0.717) is 11.1 Å². The highest BCUT2D eigenvalue weighted by molar-refractivity contribution is 8.20. The first-order valence-electron chi connectivity index (χ1n) is 8.99. The van der Waals surface area contributed by atoms with E-state index < -0.39 is 22.9 Å². The minimum atomic E-state index is -3.56. The smallest absolute Gasteiger partial charge is 0.337 e. The Kier molecular flexibility index (Phi) is 6.45. The van der Waals surface area contributed by atoms with Crippen molar-refractivity contribution in [3.8, 4) is 5.75 Å². The highest BCUT2D eigenvalue weighted by atomic mass is 32.3. The van der Waals surface area contributed by atoms with Crippen LogP contribution in [0.2, 0.25) is 0 Å². The van der Waals surface area contributed by atoms with Crippen LogP contribution in [0.25, 0.3) is 0 Å². The van der Waals surface area contributed by atoms with E-state index in [1.807, 2.05) is 12.1 Å². The second kappa shape index (κ2) is 8.13. The number of carboxylic acids is 1. The summed E-state index contributed by atoms with van der Waals surface area (Å²) in [6, 6.07) is 9.95. The number of benzene rings is 2. The van der Waals surface area contributed by atoms with Crippen LogP contribution in [-0.2, 0) is 10.2 Å². The fourth-order valence-electron chi connectivity index (χ4n) is 2.87. The molecular weight excluding hydrogens is 380 g/mol. The van der Waals surface area contributed by atoms with Crippen molar-refractivity contribution in [1.29, 1.82) is 0 Å². The van der Waals surface area contributed by atoms with Gasteiger partial charge in [0, 0.05) is 0 Å². The molecule has 0 bridgehead atoms. The summed E-state index contributed by atoms with van der Waals surface area (Å²) in [5.74, 6) is -1.11. The molecular formula is C21H28O6S. The molecule has 0 radical (unpaired) electrons. The maximum Gasteiger partial charge on any atom is 0.337 e. The van der Waals surface area contributed by atoms with Crippen molar-refractivity contribution < 1.29 is 28.3 Å². The van der Waals surface area contributed by atoms with Gasteiger partial charge in [-0.25, -0.2) is 4.79 Å². The monoisotopic (exact) mass is 408 g/mol. The van der Waals surface area contributed by atoms with Gasteiger partial charge in [0.25, 0.3) is 0 Å². The molecule has 0 saturated heterocycles. The van der Waals surface area contributed by atoms with E-state index in [1.165, 1.54) is 12.1 Å². The third kappa shape index (κ3) is 4.67. The number of rotatable bonds is 7. The summed E-state index contributed by atoms with van der Waals surface area (Å²) in [5.41, 5.74) is 2.28. The normalized spacial score (nSPS) is 13.9. The Morgan fingerprint density at radius 1 is 1.11 bits per heavy atom. The molecule has 7 heteroatoms. The molecule has 1 atom stereocenters.